The number of nitrogens with one attached hydrogen (secondary N) is 1. The molecule has 0 radical (unpaired) electrons. The fraction of sp³-hybridized carbons (Fsp3) is 0.211. The average molecular weight is 426 g/mol. The number of esters is 2. The van der Waals surface area contributed by atoms with E-state index in [9.17, 15) is 14.4 Å². The van der Waals surface area contributed by atoms with Crippen molar-refractivity contribution in [3.05, 3.63) is 58.1 Å². The number of amides is 1. The van der Waals surface area contributed by atoms with Crippen LogP contribution in [-0.4, -0.2) is 32.3 Å². The van der Waals surface area contributed by atoms with E-state index in [2.05, 4.69) is 14.8 Å². The van der Waals surface area contributed by atoms with Gasteiger partial charge in [-0.25, -0.2) is 4.79 Å². The highest BCUT2D eigenvalue weighted by Gasteiger charge is 2.28. The Balaban J connectivity index is 2.00. The molecule has 1 amide bonds. The van der Waals surface area contributed by atoms with Crippen LogP contribution < -0.4 is 10.1 Å². The number of benzene rings is 2. The number of carbonyl (C=O) groups is 3. The number of ether oxygens (including phenoxy) is 3. The lowest BCUT2D eigenvalue weighted by Crippen LogP contribution is -2.28. The van der Waals surface area contributed by atoms with Crippen LogP contribution in [0.5, 0.6) is 5.75 Å². The molecule has 2 aromatic rings. The average Bonchev–Trinajstić information content (AvgIpc) is 2.68. The number of rotatable bonds is 6. The lowest BCUT2D eigenvalue weighted by Gasteiger charge is -2.13. The van der Waals surface area contributed by atoms with Crippen LogP contribution in [0.3, 0.4) is 0 Å². The first kappa shape index (κ1) is 21.5. The Morgan fingerprint density at radius 3 is 2.11 bits per heavy atom. The zero-order chi connectivity index (χ0) is 20.7. The van der Waals surface area contributed by atoms with Crippen LogP contribution in [-0.2, 0) is 25.5 Å². The normalized spacial score (nSPS) is 10.3. The summed E-state index contributed by atoms with van der Waals surface area (Å²) in [6.45, 7) is 0. The maximum Gasteiger partial charge on any atom is 0.417 e. The SMILES string of the molecule is COC(=O)C(Cc1ccc(OC(=O)Nc2ccc(Cl)cc2Cl)cc1)C(=O)OC. The Kier molecular flexibility index (Phi) is 7.66. The highest BCUT2D eigenvalue weighted by atomic mass is 35.5. The minimum Gasteiger partial charge on any atom is -0.468 e. The molecule has 0 spiro atoms. The number of anilines is 1. The summed E-state index contributed by atoms with van der Waals surface area (Å²) in [6, 6.07) is 10.9. The Morgan fingerprint density at radius 2 is 1.57 bits per heavy atom. The van der Waals surface area contributed by atoms with E-state index < -0.39 is 23.9 Å². The molecule has 0 aliphatic heterocycles. The van der Waals surface area contributed by atoms with Gasteiger partial charge in [0.25, 0.3) is 0 Å². The Bertz CT molecular complexity index is 853. The second kappa shape index (κ2) is 9.96. The molecule has 2 rings (SSSR count). The van der Waals surface area contributed by atoms with Crippen LogP contribution in [0.25, 0.3) is 0 Å². The van der Waals surface area contributed by atoms with E-state index in [0.717, 1.165) is 0 Å². The number of halogens is 2. The summed E-state index contributed by atoms with van der Waals surface area (Å²) in [5.74, 6) is -2.19. The highest BCUT2D eigenvalue weighted by molar-refractivity contribution is 6.36. The fourth-order valence-electron chi connectivity index (χ4n) is 2.31. The molecule has 0 fully saturated rings. The van der Waals surface area contributed by atoms with Gasteiger partial charge in [-0.1, -0.05) is 35.3 Å². The predicted octanol–water partition coefficient (Wildman–Crippen LogP) is 4.11. The molecule has 148 valence electrons. The molecule has 1 N–H and O–H groups in total. The molecule has 9 heteroatoms. The summed E-state index contributed by atoms with van der Waals surface area (Å²) in [6.07, 6.45) is -0.648. The van der Waals surface area contributed by atoms with Crippen molar-refractivity contribution >= 4 is 46.9 Å². The van der Waals surface area contributed by atoms with E-state index in [-0.39, 0.29) is 17.2 Å². The standard InChI is InChI=1S/C19H17Cl2NO6/c1-26-17(23)14(18(24)27-2)9-11-3-6-13(7-4-11)28-19(25)22-16-8-5-12(20)10-15(16)21/h3-8,10,14H,9H2,1-2H3,(H,22,25). The number of methoxy groups -OCH3 is 2. The molecular weight excluding hydrogens is 409 g/mol. The van der Waals surface area contributed by atoms with Gasteiger partial charge in [-0.2, -0.15) is 0 Å². The van der Waals surface area contributed by atoms with E-state index in [4.69, 9.17) is 27.9 Å². The second-order valence-electron chi connectivity index (χ2n) is 5.59. The van der Waals surface area contributed by atoms with Crippen LogP contribution in [0.2, 0.25) is 10.0 Å². The van der Waals surface area contributed by atoms with Gasteiger partial charge in [-0.3, -0.25) is 14.9 Å². The Labute approximate surface area is 171 Å². The molecule has 0 aliphatic carbocycles. The lowest BCUT2D eigenvalue weighted by molar-refractivity contribution is -0.158. The summed E-state index contributed by atoms with van der Waals surface area (Å²) in [5, 5.41) is 3.22. The molecule has 0 saturated carbocycles. The lowest BCUT2D eigenvalue weighted by atomic mass is 9.99. The smallest absolute Gasteiger partial charge is 0.417 e. The van der Waals surface area contributed by atoms with Gasteiger partial charge in [0, 0.05) is 5.02 Å². The van der Waals surface area contributed by atoms with Crippen LogP contribution in [0.15, 0.2) is 42.5 Å². The summed E-state index contributed by atoms with van der Waals surface area (Å²) in [5.41, 5.74) is 1.01. The van der Waals surface area contributed by atoms with Crippen molar-refractivity contribution in [3.63, 3.8) is 0 Å². The molecule has 7 nitrogen and oxygen atoms in total. The monoisotopic (exact) mass is 425 g/mol. The predicted molar refractivity (Wildman–Crippen MR) is 104 cm³/mol. The largest absolute Gasteiger partial charge is 0.468 e. The van der Waals surface area contributed by atoms with Crippen molar-refractivity contribution in [2.24, 2.45) is 5.92 Å². The quantitative estimate of drug-likeness (QED) is 0.552. The zero-order valence-corrected chi connectivity index (χ0v) is 16.5. The molecule has 2 aromatic carbocycles. The summed E-state index contributed by atoms with van der Waals surface area (Å²) < 4.78 is 14.4. The van der Waals surface area contributed by atoms with Gasteiger partial charge in [-0.05, 0) is 42.3 Å². The third kappa shape index (κ3) is 5.87. The van der Waals surface area contributed by atoms with Crippen LogP contribution in [0.1, 0.15) is 5.56 Å². The van der Waals surface area contributed by atoms with Crippen molar-refractivity contribution in [3.8, 4) is 5.75 Å². The van der Waals surface area contributed by atoms with Gasteiger partial charge in [0.2, 0.25) is 0 Å². The summed E-state index contributed by atoms with van der Waals surface area (Å²) in [4.78, 5) is 35.5. The molecule has 0 heterocycles. The van der Waals surface area contributed by atoms with Crippen LogP contribution in [0, 0.1) is 5.92 Å². The van der Waals surface area contributed by atoms with Crippen molar-refractivity contribution in [2.45, 2.75) is 6.42 Å². The minimum absolute atomic E-state index is 0.0895. The maximum atomic E-state index is 12.0. The van der Waals surface area contributed by atoms with Gasteiger partial charge in [-0.15, -0.1) is 0 Å². The van der Waals surface area contributed by atoms with E-state index in [1.54, 1.807) is 24.3 Å². The topological polar surface area (TPSA) is 90.9 Å². The van der Waals surface area contributed by atoms with Gasteiger partial charge in [0.05, 0.1) is 24.9 Å². The van der Waals surface area contributed by atoms with E-state index >= 15 is 0 Å². The van der Waals surface area contributed by atoms with Crippen molar-refractivity contribution in [2.75, 3.05) is 19.5 Å². The third-order valence-corrected chi connectivity index (χ3v) is 4.26. The third-order valence-electron chi connectivity index (χ3n) is 3.71. The Morgan fingerprint density at radius 1 is 0.964 bits per heavy atom. The van der Waals surface area contributed by atoms with E-state index in [0.29, 0.717) is 16.3 Å². The van der Waals surface area contributed by atoms with Crippen LogP contribution in [0.4, 0.5) is 10.5 Å². The van der Waals surface area contributed by atoms with Crippen molar-refractivity contribution in [1.82, 2.24) is 0 Å². The minimum atomic E-state index is -1.07. The van der Waals surface area contributed by atoms with Crippen molar-refractivity contribution in [1.29, 1.82) is 0 Å². The molecule has 0 atom stereocenters. The number of carbonyl (C=O) groups excluding carboxylic acids is 3. The van der Waals surface area contributed by atoms with Gasteiger partial charge < -0.3 is 14.2 Å². The second-order valence-corrected chi connectivity index (χ2v) is 6.43. The van der Waals surface area contributed by atoms with E-state index in [1.807, 2.05) is 0 Å². The van der Waals surface area contributed by atoms with Crippen LogP contribution >= 0.6 is 23.2 Å². The van der Waals surface area contributed by atoms with Gasteiger partial charge in [0.1, 0.15) is 5.75 Å². The first-order chi connectivity index (χ1) is 13.3. The molecule has 0 bridgehead atoms. The zero-order valence-electron chi connectivity index (χ0n) is 15.0. The Hall–Kier alpha value is -2.77. The maximum absolute atomic E-state index is 12.0. The molecule has 0 saturated heterocycles. The number of hydrogen-bond donors (Lipinski definition) is 1. The summed E-state index contributed by atoms with van der Waals surface area (Å²) in [7, 11) is 2.39. The highest BCUT2D eigenvalue weighted by Crippen LogP contribution is 2.25. The molecular formula is C19H17Cl2NO6. The first-order valence-electron chi connectivity index (χ1n) is 8.02. The molecule has 0 aliphatic rings. The van der Waals surface area contributed by atoms with Crippen molar-refractivity contribution < 1.29 is 28.6 Å². The van der Waals surface area contributed by atoms with Gasteiger partial charge in [0.15, 0.2) is 5.92 Å². The molecule has 28 heavy (non-hydrogen) atoms. The molecule has 0 unspecified atom stereocenters. The fourth-order valence-corrected chi connectivity index (χ4v) is 2.77. The molecule has 0 aromatic heterocycles. The summed E-state index contributed by atoms with van der Waals surface area (Å²) >= 11 is 11.8. The van der Waals surface area contributed by atoms with E-state index in [1.165, 1.54) is 32.4 Å². The number of hydrogen-bond acceptors (Lipinski definition) is 6. The van der Waals surface area contributed by atoms with Gasteiger partial charge >= 0.3 is 18.0 Å². The first-order valence-corrected chi connectivity index (χ1v) is 8.78.